The van der Waals surface area contributed by atoms with Crippen molar-refractivity contribution < 1.29 is 4.79 Å². The highest BCUT2D eigenvalue weighted by molar-refractivity contribution is 5.96. The summed E-state index contributed by atoms with van der Waals surface area (Å²) in [5.41, 5.74) is 8.42. The molecule has 2 aromatic carbocycles. The van der Waals surface area contributed by atoms with Gasteiger partial charge >= 0.3 is 0 Å². The second-order valence-corrected chi connectivity index (χ2v) is 7.42. The van der Waals surface area contributed by atoms with Gasteiger partial charge in [-0.3, -0.25) is 4.79 Å². The van der Waals surface area contributed by atoms with Gasteiger partial charge in [-0.2, -0.15) is 0 Å². The zero-order valence-electron chi connectivity index (χ0n) is 15.9. The van der Waals surface area contributed by atoms with E-state index in [1.807, 2.05) is 13.0 Å². The Morgan fingerprint density at radius 3 is 2.36 bits per heavy atom. The van der Waals surface area contributed by atoms with Crippen molar-refractivity contribution in [3.8, 4) is 0 Å². The minimum atomic E-state index is 0.0326. The summed E-state index contributed by atoms with van der Waals surface area (Å²) in [6, 6.07) is 11.0. The largest absolute Gasteiger partial charge is 0.345 e. The lowest BCUT2D eigenvalue weighted by Crippen LogP contribution is -2.29. The molecule has 0 saturated carbocycles. The fourth-order valence-corrected chi connectivity index (χ4v) is 3.83. The van der Waals surface area contributed by atoms with Crippen molar-refractivity contribution in [3.63, 3.8) is 0 Å². The fourth-order valence-electron chi connectivity index (χ4n) is 3.83. The second kappa shape index (κ2) is 7.43. The average Bonchev–Trinajstić information content (AvgIpc) is 2.62. The quantitative estimate of drug-likeness (QED) is 0.799. The molecule has 2 heteroatoms. The van der Waals surface area contributed by atoms with Crippen LogP contribution in [0.4, 0.5) is 0 Å². The monoisotopic (exact) mass is 335 g/mol. The Balaban J connectivity index is 1.82. The highest BCUT2D eigenvalue weighted by Crippen LogP contribution is 2.26. The Hall–Kier alpha value is -2.09. The van der Waals surface area contributed by atoms with E-state index >= 15 is 0 Å². The number of fused-ring (bicyclic) bond motifs is 1. The molecular weight excluding hydrogens is 306 g/mol. The van der Waals surface area contributed by atoms with Crippen LogP contribution in [0.5, 0.6) is 0 Å². The molecular formula is C23H29NO. The predicted molar refractivity (Wildman–Crippen MR) is 104 cm³/mol. The average molecular weight is 335 g/mol. The molecule has 0 fully saturated rings. The van der Waals surface area contributed by atoms with Gasteiger partial charge in [0, 0.05) is 5.56 Å². The van der Waals surface area contributed by atoms with Crippen LogP contribution in [0.1, 0.15) is 76.0 Å². The molecule has 2 nitrogen and oxygen atoms in total. The predicted octanol–water partition coefficient (Wildman–Crippen LogP) is 5.37. The highest BCUT2D eigenvalue weighted by atomic mass is 16.1. The first-order valence-corrected chi connectivity index (χ1v) is 9.50. The topological polar surface area (TPSA) is 29.1 Å². The van der Waals surface area contributed by atoms with Gasteiger partial charge < -0.3 is 5.32 Å². The van der Waals surface area contributed by atoms with Gasteiger partial charge in [0.25, 0.3) is 5.91 Å². The highest BCUT2D eigenvalue weighted by Gasteiger charge is 2.18. The molecule has 0 heterocycles. The van der Waals surface area contributed by atoms with Gasteiger partial charge in [-0.05, 0) is 92.3 Å². The normalized spacial score (nSPS) is 14.7. The molecule has 1 atom stereocenters. The lowest BCUT2D eigenvalue weighted by Gasteiger charge is -2.22. The molecule has 0 spiro atoms. The number of carbonyl (C=O) groups is 1. The van der Waals surface area contributed by atoms with Crippen molar-refractivity contribution in [2.75, 3.05) is 0 Å². The third kappa shape index (κ3) is 3.78. The van der Waals surface area contributed by atoms with Crippen LogP contribution < -0.4 is 5.32 Å². The van der Waals surface area contributed by atoms with Crippen LogP contribution in [0, 0.1) is 20.8 Å². The number of nitrogens with one attached hydrogen (secondary N) is 1. The van der Waals surface area contributed by atoms with Crippen LogP contribution >= 0.6 is 0 Å². The molecule has 132 valence electrons. The van der Waals surface area contributed by atoms with Gasteiger partial charge in [-0.1, -0.05) is 31.2 Å². The number of amides is 1. The minimum absolute atomic E-state index is 0.0326. The summed E-state index contributed by atoms with van der Waals surface area (Å²) >= 11 is 0. The van der Waals surface area contributed by atoms with Crippen molar-refractivity contribution in [1.82, 2.24) is 5.32 Å². The zero-order chi connectivity index (χ0) is 18.0. The Labute approximate surface area is 151 Å². The lowest BCUT2D eigenvalue weighted by molar-refractivity contribution is 0.0935. The van der Waals surface area contributed by atoms with Crippen LogP contribution in [0.15, 0.2) is 30.3 Å². The van der Waals surface area contributed by atoms with Gasteiger partial charge in [-0.15, -0.1) is 0 Å². The maximum Gasteiger partial charge on any atom is 0.252 e. The van der Waals surface area contributed by atoms with E-state index in [-0.39, 0.29) is 11.9 Å². The lowest BCUT2D eigenvalue weighted by atomic mass is 9.88. The molecule has 0 bridgehead atoms. The maximum absolute atomic E-state index is 12.8. The van der Waals surface area contributed by atoms with Crippen LogP contribution in [0.2, 0.25) is 0 Å². The molecule has 1 aliphatic rings. The van der Waals surface area contributed by atoms with Gasteiger partial charge in [0.1, 0.15) is 0 Å². The molecule has 0 aromatic heterocycles. The molecule has 1 N–H and O–H groups in total. The van der Waals surface area contributed by atoms with E-state index in [1.165, 1.54) is 47.9 Å². The van der Waals surface area contributed by atoms with Crippen LogP contribution in [0.25, 0.3) is 0 Å². The summed E-state index contributed by atoms with van der Waals surface area (Å²) in [4.78, 5) is 12.8. The first kappa shape index (κ1) is 17.7. The molecule has 0 unspecified atom stereocenters. The maximum atomic E-state index is 12.8. The van der Waals surface area contributed by atoms with Gasteiger partial charge in [0.15, 0.2) is 0 Å². The van der Waals surface area contributed by atoms with E-state index in [4.69, 9.17) is 0 Å². The standard InChI is InChI=1S/C23H29NO/c1-5-22(20-11-10-18-8-6-7-9-19(18)14-20)24-23(25)21-13-16(3)15(2)12-17(21)4/h10-14,22H,5-9H2,1-4H3,(H,24,25)/t22-/m0/s1. The molecule has 3 rings (SSSR count). The summed E-state index contributed by atoms with van der Waals surface area (Å²) in [6.45, 7) is 8.30. The van der Waals surface area contributed by atoms with E-state index in [1.54, 1.807) is 0 Å². The van der Waals surface area contributed by atoms with E-state index in [0.29, 0.717) is 0 Å². The summed E-state index contributed by atoms with van der Waals surface area (Å²) in [5, 5.41) is 3.25. The molecule has 1 amide bonds. The second-order valence-electron chi connectivity index (χ2n) is 7.42. The first-order chi connectivity index (χ1) is 12.0. The Morgan fingerprint density at radius 2 is 1.64 bits per heavy atom. The van der Waals surface area contributed by atoms with Crippen molar-refractivity contribution in [3.05, 3.63) is 69.3 Å². The molecule has 2 aromatic rings. The number of rotatable bonds is 4. The summed E-state index contributed by atoms with van der Waals surface area (Å²) in [6.07, 6.45) is 5.84. The Bertz CT molecular complexity index is 791. The molecule has 1 aliphatic carbocycles. The van der Waals surface area contributed by atoms with E-state index < -0.39 is 0 Å². The van der Waals surface area contributed by atoms with Gasteiger partial charge in [-0.25, -0.2) is 0 Å². The first-order valence-electron chi connectivity index (χ1n) is 9.50. The van der Waals surface area contributed by atoms with E-state index in [9.17, 15) is 4.79 Å². The Kier molecular flexibility index (Phi) is 5.27. The van der Waals surface area contributed by atoms with Crippen molar-refractivity contribution in [1.29, 1.82) is 0 Å². The molecule has 25 heavy (non-hydrogen) atoms. The Morgan fingerprint density at radius 1 is 0.960 bits per heavy atom. The summed E-state index contributed by atoms with van der Waals surface area (Å²) in [5.74, 6) is 0.0326. The molecule has 0 aliphatic heterocycles. The third-order valence-corrected chi connectivity index (χ3v) is 5.57. The van der Waals surface area contributed by atoms with Gasteiger partial charge in [0.2, 0.25) is 0 Å². The van der Waals surface area contributed by atoms with Crippen LogP contribution in [0.3, 0.4) is 0 Å². The van der Waals surface area contributed by atoms with E-state index in [0.717, 1.165) is 23.1 Å². The third-order valence-electron chi connectivity index (χ3n) is 5.57. The smallest absolute Gasteiger partial charge is 0.252 e. The van der Waals surface area contributed by atoms with Crippen molar-refractivity contribution >= 4 is 5.91 Å². The van der Waals surface area contributed by atoms with Crippen LogP contribution in [-0.2, 0) is 12.8 Å². The van der Waals surface area contributed by atoms with E-state index in [2.05, 4.69) is 50.4 Å². The molecule has 0 radical (unpaired) electrons. The number of hydrogen-bond acceptors (Lipinski definition) is 1. The number of hydrogen-bond donors (Lipinski definition) is 1. The van der Waals surface area contributed by atoms with Gasteiger partial charge in [0.05, 0.1) is 6.04 Å². The summed E-state index contributed by atoms with van der Waals surface area (Å²) in [7, 11) is 0. The number of aryl methyl sites for hydroxylation is 5. The van der Waals surface area contributed by atoms with Crippen LogP contribution in [-0.4, -0.2) is 5.91 Å². The SMILES string of the molecule is CC[C@H](NC(=O)c1cc(C)c(C)cc1C)c1ccc2c(c1)CCCC2. The fraction of sp³-hybridized carbons (Fsp3) is 0.435. The molecule has 0 saturated heterocycles. The summed E-state index contributed by atoms with van der Waals surface area (Å²) < 4.78 is 0. The van der Waals surface area contributed by atoms with Crippen molar-refractivity contribution in [2.45, 2.75) is 65.8 Å². The van der Waals surface area contributed by atoms with Crippen molar-refractivity contribution in [2.24, 2.45) is 0 Å². The zero-order valence-corrected chi connectivity index (χ0v) is 15.9. The number of benzene rings is 2. The number of carbonyl (C=O) groups excluding carboxylic acids is 1. The minimum Gasteiger partial charge on any atom is -0.345 e.